The average molecular weight is 276 g/mol. The van der Waals surface area contributed by atoms with Gasteiger partial charge >= 0.3 is 5.97 Å². The van der Waals surface area contributed by atoms with Gasteiger partial charge in [0.15, 0.2) is 5.65 Å². The molecule has 0 bridgehead atoms. The molecule has 0 amide bonds. The minimum atomic E-state index is -0.355. The van der Waals surface area contributed by atoms with Crippen molar-refractivity contribution in [3.8, 4) is 6.07 Å². The van der Waals surface area contributed by atoms with Crippen LogP contribution in [0.2, 0.25) is 0 Å². The molecule has 2 heterocycles. The maximum Gasteiger partial charge on any atom is 0.316 e. The van der Waals surface area contributed by atoms with Gasteiger partial charge in [-0.15, -0.1) is 0 Å². The van der Waals surface area contributed by atoms with Crippen molar-refractivity contribution in [1.82, 2.24) is 14.6 Å². The van der Waals surface area contributed by atoms with Crippen LogP contribution in [0.5, 0.6) is 0 Å². The van der Waals surface area contributed by atoms with Crippen molar-refractivity contribution in [2.75, 3.05) is 12.9 Å². The molecular weight excluding hydrogens is 264 g/mol. The molecule has 7 heteroatoms. The highest BCUT2D eigenvalue weighted by atomic mass is 32.2. The van der Waals surface area contributed by atoms with Crippen molar-refractivity contribution in [1.29, 1.82) is 5.26 Å². The fraction of sp³-hybridized carbons (Fsp3) is 0.333. The molecule has 0 aliphatic rings. The summed E-state index contributed by atoms with van der Waals surface area (Å²) < 4.78 is 6.19. The molecule has 0 unspecified atom stereocenters. The maximum atomic E-state index is 11.1. The van der Waals surface area contributed by atoms with E-state index in [0.717, 1.165) is 11.4 Å². The summed E-state index contributed by atoms with van der Waals surface area (Å²) in [4.78, 5) is 15.5. The SMILES string of the molecule is COC(=O)CSc1nn2c(C)cc(C)nc2c1C#N. The largest absolute Gasteiger partial charge is 0.468 e. The Morgan fingerprint density at radius 1 is 1.58 bits per heavy atom. The smallest absolute Gasteiger partial charge is 0.316 e. The first-order valence-corrected chi connectivity index (χ1v) is 6.52. The first-order chi connectivity index (χ1) is 9.06. The van der Waals surface area contributed by atoms with Crippen LogP contribution in [0.25, 0.3) is 5.65 Å². The lowest BCUT2D eigenvalue weighted by Crippen LogP contribution is -2.03. The van der Waals surface area contributed by atoms with Gasteiger partial charge in [-0.3, -0.25) is 4.79 Å². The summed E-state index contributed by atoms with van der Waals surface area (Å²) in [5.41, 5.74) is 2.63. The molecule has 0 N–H and O–H groups in total. The Balaban J connectivity index is 2.48. The van der Waals surface area contributed by atoms with Crippen LogP contribution in [0, 0.1) is 25.2 Å². The molecule has 2 aromatic heterocycles. The molecular formula is C12H12N4O2S. The summed E-state index contributed by atoms with van der Waals surface area (Å²) in [6.07, 6.45) is 0. The lowest BCUT2D eigenvalue weighted by atomic mass is 10.3. The van der Waals surface area contributed by atoms with E-state index in [0.29, 0.717) is 16.2 Å². The van der Waals surface area contributed by atoms with Crippen molar-refractivity contribution in [2.24, 2.45) is 0 Å². The number of rotatable bonds is 3. The number of methoxy groups -OCH3 is 1. The van der Waals surface area contributed by atoms with Crippen LogP contribution in [0.4, 0.5) is 0 Å². The summed E-state index contributed by atoms with van der Waals surface area (Å²) >= 11 is 1.18. The molecule has 98 valence electrons. The normalized spacial score (nSPS) is 10.4. The molecule has 2 rings (SSSR count). The van der Waals surface area contributed by atoms with E-state index in [2.05, 4.69) is 20.9 Å². The van der Waals surface area contributed by atoms with Crippen LogP contribution in [-0.4, -0.2) is 33.4 Å². The van der Waals surface area contributed by atoms with Gasteiger partial charge in [-0.25, -0.2) is 9.50 Å². The average Bonchev–Trinajstić information content (AvgIpc) is 2.73. The van der Waals surface area contributed by atoms with E-state index in [-0.39, 0.29) is 11.7 Å². The van der Waals surface area contributed by atoms with E-state index in [1.807, 2.05) is 19.9 Å². The Hall–Kier alpha value is -2.07. The zero-order valence-corrected chi connectivity index (χ0v) is 11.6. The standard InChI is InChI=1S/C12H12N4O2S/c1-7-4-8(2)16-11(14-7)9(5-13)12(15-16)19-6-10(17)18-3/h4H,6H2,1-3H3. The highest BCUT2D eigenvalue weighted by Gasteiger charge is 2.17. The third kappa shape index (κ3) is 2.53. The monoisotopic (exact) mass is 276 g/mol. The number of aromatic nitrogens is 3. The molecule has 2 aromatic rings. The number of hydrogen-bond acceptors (Lipinski definition) is 6. The minimum Gasteiger partial charge on any atom is -0.468 e. The second kappa shape index (κ2) is 5.28. The van der Waals surface area contributed by atoms with E-state index in [1.54, 1.807) is 4.52 Å². The van der Waals surface area contributed by atoms with Crippen molar-refractivity contribution in [2.45, 2.75) is 18.9 Å². The van der Waals surface area contributed by atoms with Crippen molar-refractivity contribution in [3.05, 3.63) is 23.0 Å². The summed E-state index contributed by atoms with van der Waals surface area (Å²) in [6, 6.07) is 3.98. The van der Waals surface area contributed by atoms with Crippen LogP contribution in [0.3, 0.4) is 0 Å². The molecule has 0 aromatic carbocycles. The number of carbonyl (C=O) groups is 1. The number of carbonyl (C=O) groups excluding carboxylic acids is 1. The van der Waals surface area contributed by atoms with E-state index in [1.165, 1.54) is 18.9 Å². The number of fused-ring (bicyclic) bond motifs is 1. The fourth-order valence-electron chi connectivity index (χ4n) is 1.69. The Morgan fingerprint density at radius 2 is 2.32 bits per heavy atom. The van der Waals surface area contributed by atoms with Crippen molar-refractivity contribution >= 4 is 23.4 Å². The van der Waals surface area contributed by atoms with Crippen LogP contribution < -0.4 is 0 Å². The highest BCUT2D eigenvalue weighted by molar-refractivity contribution is 7.99. The van der Waals surface area contributed by atoms with Gasteiger partial charge in [-0.2, -0.15) is 10.4 Å². The Bertz CT molecular complexity index is 687. The lowest BCUT2D eigenvalue weighted by molar-refractivity contribution is -0.137. The molecule has 19 heavy (non-hydrogen) atoms. The molecule has 0 fully saturated rings. The number of aryl methyl sites for hydroxylation is 2. The number of nitrogens with zero attached hydrogens (tertiary/aromatic N) is 4. The van der Waals surface area contributed by atoms with Gasteiger partial charge < -0.3 is 4.74 Å². The number of ether oxygens (including phenoxy) is 1. The molecule has 0 aliphatic heterocycles. The van der Waals surface area contributed by atoms with Gasteiger partial charge in [0, 0.05) is 11.4 Å². The van der Waals surface area contributed by atoms with Crippen molar-refractivity contribution < 1.29 is 9.53 Å². The number of esters is 1. The predicted octanol–water partition coefficient (Wildman–Crippen LogP) is 1.48. The quantitative estimate of drug-likeness (QED) is 0.624. The van der Waals surface area contributed by atoms with Crippen LogP contribution >= 0.6 is 11.8 Å². The minimum absolute atomic E-state index is 0.118. The van der Waals surface area contributed by atoms with Gasteiger partial charge in [0.25, 0.3) is 0 Å². The summed E-state index contributed by atoms with van der Waals surface area (Å²) in [6.45, 7) is 3.76. The molecule has 0 radical (unpaired) electrons. The third-order valence-electron chi connectivity index (χ3n) is 2.53. The molecule has 0 saturated heterocycles. The van der Waals surface area contributed by atoms with Gasteiger partial charge in [-0.1, -0.05) is 11.8 Å². The van der Waals surface area contributed by atoms with E-state index >= 15 is 0 Å². The van der Waals surface area contributed by atoms with E-state index < -0.39 is 0 Å². The molecule has 0 aliphatic carbocycles. The third-order valence-corrected chi connectivity index (χ3v) is 3.47. The molecule has 0 atom stereocenters. The lowest BCUT2D eigenvalue weighted by Gasteiger charge is -1.99. The summed E-state index contributed by atoms with van der Waals surface area (Å²) in [5.74, 6) is -0.237. The fourth-order valence-corrected chi connectivity index (χ4v) is 2.48. The zero-order valence-electron chi connectivity index (χ0n) is 10.8. The van der Waals surface area contributed by atoms with E-state index in [9.17, 15) is 10.1 Å². The van der Waals surface area contributed by atoms with Crippen molar-refractivity contribution in [3.63, 3.8) is 0 Å². The van der Waals surface area contributed by atoms with Gasteiger partial charge in [0.1, 0.15) is 16.7 Å². The Kier molecular flexibility index (Phi) is 3.71. The first kappa shape index (κ1) is 13.4. The topological polar surface area (TPSA) is 80.3 Å². The van der Waals surface area contributed by atoms with Gasteiger partial charge in [0.05, 0.1) is 12.9 Å². The number of hydrogen-bond donors (Lipinski definition) is 0. The number of thioether (sulfide) groups is 1. The first-order valence-electron chi connectivity index (χ1n) is 5.53. The van der Waals surface area contributed by atoms with Crippen LogP contribution in [-0.2, 0) is 9.53 Å². The highest BCUT2D eigenvalue weighted by Crippen LogP contribution is 2.24. The number of nitriles is 1. The summed E-state index contributed by atoms with van der Waals surface area (Å²) in [5, 5.41) is 14.0. The second-order valence-corrected chi connectivity index (χ2v) is 4.90. The Labute approximate surface area is 114 Å². The van der Waals surface area contributed by atoms with Crippen LogP contribution in [0.1, 0.15) is 17.0 Å². The maximum absolute atomic E-state index is 11.1. The zero-order chi connectivity index (χ0) is 14.0. The molecule has 6 nitrogen and oxygen atoms in total. The second-order valence-electron chi connectivity index (χ2n) is 3.93. The predicted molar refractivity (Wildman–Crippen MR) is 69.9 cm³/mol. The molecule has 0 spiro atoms. The van der Waals surface area contributed by atoms with E-state index in [4.69, 9.17) is 0 Å². The van der Waals surface area contributed by atoms with Gasteiger partial charge in [0.2, 0.25) is 0 Å². The summed E-state index contributed by atoms with van der Waals surface area (Å²) in [7, 11) is 1.33. The van der Waals surface area contributed by atoms with Gasteiger partial charge in [-0.05, 0) is 19.9 Å². The molecule has 0 saturated carbocycles. The Morgan fingerprint density at radius 3 is 2.95 bits per heavy atom. The van der Waals surface area contributed by atoms with Crippen LogP contribution in [0.15, 0.2) is 11.1 Å².